The normalized spacial score (nSPS) is 16.1. The van der Waals surface area contributed by atoms with Crippen molar-refractivity contribution in [3.05, 3.63) is 66.1 Å². The Bertz CT molecular complexity index is 1090. The van der Waals surface area contributed by atoms with Crippen molar-refractivity contribution < 1.29 is 12.9 Å². The Hall–Kier alpha value is -2.55. The van der Waals surface area contributed by atoms with Gasteiger partial charge < -0.3 is 4.52 Å². The van der Waals surface area contributed by atoms with Crippen molar-refractivity contribution in [3.8, 4) is 11.4 Å². The highest BCUT2D eigenvalue weighted by molar-refractivity contribution is 7.89. The second-order valence-corrected chi connectivity index (χ2v) is 9.99. The topological polar surface area (TPSA) is 88.3 Å². The Morgan fingerprint density at radius 3 is 2.39 bits per heavy atom. The minimum Gasteiger partial charge on any atom is -0.338 e. The summed E-state index contributed by atoms with van der Waals surface area (Å²) in [6.07, 6.45) is 1.48. The van der Waals surface area contributed by atoms with E-state index >= 15 is 0 Å². The van der Waals surface area contributed by atoms with Gasteiger partial charge in [-0.25, -0.2) is 13.1 Å². The molecule has 0 radical (unpaired) electrons. The van der Waals surface area contributed by atoms with Crippen LogP contribution in [0.5, 0.6) is 0 Å². The number of likely N-dealkylation sites (tertiary alicyclic amines) is 1. The second kappa shape index (κ2) is 9.30. The molecule has 2 heterocycles. The lowest BCUT2D eigenvalue weighted by molar-refractivity contribution is 0.177. The third kappa shape index (κ3) is 5.39. The maximum atomic E-state index is 12.5. The molecule has 8 heteroatoms. The summed E-state index contributed by atoms with van der Waals surface area (Å²) in [4.78, 5) is 7.05. The molecule has 2 aromatic carbocycles. The smallest absolute Gasteiger partial charge is 0.241 e. The number of piperidine rings is 1. The molecule has 7 nitrogen and oxygen atoms in total. The summed E-state index contributed by atoms with van der Waals surface area (Å²) >= 11 is 0. The van der Waals surface area contributed by atoms with E-state index in [9.17, 15) is 8.42 Å². The number of nitrogens with one attached hydrogen (secondary N) is 1. The van der Waals surface area contributed by atoms with Crippen molar-refractivity contribution in [1.29, 1.82) is 0 Å². The molecule has 0 amide bonds. The highest BCUT2D eigenvalue weighted by atomic mass is 32.2. The number of rotatable bonds is 7. The van der Waals surface area contributed by atoms with E-state index < -0.39 is 10.0 Å². The molecule has 0 atom stereocenters. The van der Waals surface area contributed by atoms with Crippen LogP contribution in [-0.2, 0) is 16.6 Å². The van der Waals surface area contributed by atoms with Crippen LogP contribution in [0.15, 0.2) is 64.0 Å². The molecule has 164 valence electrons. The molecule has 0 spiro atoms. The second-order valence-electron chi connectivity index (χ2n) is 8.27. The summed E-state index contributed by atoms with van der Waals surface area (Å²) in [6.45, 7) is 6.43. The molecule has 0 bridgehead atoms. The average molecular weight is 441 g/mol. The van der Waals surface area contributed by atoms with Gasteiger partial charge in [0.1, 0.15) is 0 Å². The van der Waals surface area contributed by atoms with E-state index in [1.54, 1.807) is 30.3 Å². The molecule has 1 aromatic heterocycles. The number of sulfonamides is 1. The summed E-state index contributed by atoms with van der Waals surface area (Å²) in [7, 11) is -3.48. The first kappa shape index (κ1) is 21.7. The third-order valence-corrected chi connectivity index (χ3v) is 7.16. The molecule has 0 saturated carbocycles. The zero-order valence-electron chi connectivity index (χ0n) is 17.9. The van der Waals surface area contributed by atoms with Crippen LogP contribution >= 0.6 is 0 Å². The van der Waals surface area contributed by atoms with Gasteiger partial charge in [-0.15, -0.1) is 0 Å². The summed E-state index contributed by atoms with van der Waals surface area (Å²) in [6, 6.07) is 16.7. The van der Waals surface area contributed by atoms with E-state index in [2.05, 4.69) is 45.7 Å². The van der Waals surface area contributed by atoms with Gasteiger partial charge in [0, 0.05) is 24.7 Å². The molecule has 1 saturated heterocycles. The van der Waals surface area contributed by atoms with Gasteiger partial charge >= 0.3 is 0 Å². The Morgan fingerprint density at radius 2 is 1.74 bits per heavy atom. The van der Waals surface area contributed by atoms with Crippen LogP contribution in [0, 0.1) is 0 Å². The quantitative estimate of drug-likeness (QED) is 0.601. The van der Waals surface area contributed by atoms with Gasteiger partial charge in [0.05, 0.1) is 11.4 Å². The SMILES string of the molecule is CC(C)c1ccc(-c2noc(CN3CCC(NS(=O)(=O)c4ccccc4)CC3)n2)cc1. The summed E-state index contributed by atoms with van der Waals surface area (Å²) < 4.78 is 33.3. The molecule has 0 unspecified atom stereocenters. The number of aromatic nitrogens is 2. The number of benzene rings is 2. The molecule has 1 aliphatic rings. The molecular formula is C23H28N4O3S. The molecule has 1 N–H and O–H groups in total. The van der Waals surface area contributed by atoms with E-state index in [0.717, 1.165) is 31.5 Å². The van der Waals surface area contributed by atoms with Gasteiger partial charge in [-0.1, -0.05) is 61.5 Å². The Morgan fingerprint density at radius 1 is 1.06 bits per heavy atom. The van der Waals surface area contributed by atoms with E-state index in [-0.39, 0.29) is 6.04 Å². The van der Waals surface area contributed by atoms with E-state index in [1.807, 2.05) is 12.1 Å². The maximum Gasteiger partial charge on any atom is 0.241 e. The zero-order chi connectivity index (χ0) is 21.8. The minimum absolute atomic E-state index is 0.0702. The van der Waals surface area contributed by atoms with Crippen LogP contribution < -0.4 is 4.72 Å². The maximum absolute atomic E-state index is 12.5. The van der Waals surface area contributed by atoms with Crippen LogP contribution in [0.3, 0.4) is 0 Å². The van der Waals surface area contributed by atoms with Gasteiger partial charge in [-0.3, -0.25) is 4.90 Å². The first-order valence-corrected chi connectivity index (χ1v) is 12.1. The van der Waals surface area contributed by atoms with Gasteiger partial charge in [0.25, 0.3) is 0 Å². The Balaban J connectivity index is 1.30. The van der Waals surface area contributed by atoms with Crippen LogP contribution in [0.4, 0.5) is 0 Å². The first-order chi connectivity index (χ1) is 14.9. The van der Waals surface area contributed by atoms with Crippen molar-refractivity contribution in [2.45, 2.75) is 50.1 Å². The molecule has 31 heavy (non-hydrogen) atoms. The number of nitrogens with zero attached hydrogens (tertiary/aromatic N) is 3. The van der Waals surface area contributed by atoms with Gasteiger partial charge in [-0.2, -0.15) is 4.98 Å². The summed E-state index contributed by atoms with van der Waals surface area (Å²) in [5.74, 6) is 1.65. The minimum atomic E-state index is -3.48. The van der Waals surface area contributed by atoms with E-state index in [1.165, 1.54) is 5.56 Å². The fourth-order valence-corrected chi connectivity index (χ4v) is 5.07. The predicted octanol–water partition coefficient (Wildman–Crippen LogP) is 3.80. The first-order valence-electron chi connectivity index (χ1n) is 10.6. The van der Waals surface area contributed by atoms with Gasteiger partial charge in [0.15, 0.2) is 0 Å². The highest BCUT2D eigenvalue weighted by Gasteiger charge is 2.25. The van der Waals surface area contributed by atoms with Gasteiger partial charge in [-0.05, 0) is 36.5 Å². The van der Waals surface area contributed by atoms with Crippen molar-refractivity contribution in [3.63, 3.8) is 0 Å². The number of hydrogen-bond donors (Lipinski definition) is 1. The molecule has 3 aromatic rings. The zero-order valence-corrected chi connectivity index (χ0v) is 18.7. The molecule has 0 aliphatic carbocycles. The van der Waals surface area contributed by atoms with Gasteiger partial charge in [0.2, 0.25) is 21.7 Å². The summed E-state index contributed by atoms with van der Waals surface area (Å²) in [5.41, 5.74) is 2.21. The highest BCUT2D eigenvalue weighted by Crippen LogP contribution is 2.22. The average Bonchev–Trinajstić information content (AvgIpc) is 3.24. The standard InChI is InChI=1S/C23H28N4O3S/c1-17(2)18-8-10-19(11-9-18)23-24-22(30-25-23)16-27-14-12-20(13-15-27)26-31(28,29)21-6-4-3-5-7-21/h3-11,17,20,26H,12-16H2,1-2H3. The van der Waals surface area contributed by atoms with Crippen LogP contribution in [0.2, 0.25) is 0 Å². The van der Waals surface area contributed by atoms with E-state index in [0.29, 0.717) is 29.1 Å². The lowest BCUT2D eigenvalue weighted by atomic mass is 10.0. The fourth-order valence-electron chi connectivity index (χ4n) is 3.74. The monoisotopic (exact) mass is 440 g/mol. The lowest BCUT2D eigenvalue weighted by Gasteiger charge is -2.31. The number of hydrogen-bond acceptors (Lipinski definition) is 6. The molecule has 4 rings (SSSR count). The molecule has 1 aliphatic heterocycles. The van der Waals surface area contributed by atoms with E-state index in [4.69, 9.17) is 4.52 Å². The Kier molecular flexibility index (Phi) is 6.50. The van der Waals surface area contributed by atoms with Crippen molar-refractivity contribution in [1.82, 2.24) is 19.8 Å². The summed E-state index contributed by atoms with van der Waals surface area (Å²) in [5, 5.41) is 4.12. The molecule has 1 fully saturated rings. The van der Waals surface area contributed by atoms with Crippen LogP contribution in [0.25, 0.3) is 11.4 Å². The fraction of sp³-hybridized carbons (Fsp3) is 0.391. The van der Waals surface area contributed by atoms with Crippen molar-refractivity contribution in [2.24, 2.45) is 0 Å². The third-order valence-electron chi connectivity index (χ3n) is 5.63. The Labute approximate surface area is 183 Å². The van der Waals surface area contributed by atoms with Crippen molar-refractivity contribution >= 4 is 10.0 Å². The largest absolute Gasteiger partial charge is 0.338 e. The lowest BCUT2D eigenvalue weighted by Crippen LogP contribution is -2.44. The van der Waals surface area contributed by atoms with Crippen LogP contribution in [0.1, 0.15) is 44.1 Å². The van der Waals surface area contributed by atoms with Crippen molar-refractivity contribution in [2.75, 3.05) is 13.1 Å². The molecular weight excluding hydrogens is 412 g/mol. The predicted molar refractivity (Wildman–Crippen MR) is 119 cm³/mol. The van der Waals surface area contributed by atoms with Crippen LogP contribution in [-0.4, -0.2) is 42.6 Å².